The van der Waals surface area contributed by atoms with Crippen molar-refractivity contribution in [2.24, 2.45) is 5.50 Å². The molecule has 8 heavy (non-hydrogen) atoms. The average molecular weight is 133 g/mol. The SMILES string of the molecule is CCCCCP(C)N. The van der Waals surface area contributed by atoms with Gasteiger partial charge in [0.05, 0.1) is 0 Å². The second-order valence-electron chi connectivity index (χ2n) is 2.19. The van der Waals surface area contributed by atoms with E-state index in [9.17, 15) is 0 Å². The fraction of sp³-hybridized carbons (Fsp3) is 1.00. The second-order valence-corrected chi connectivity index (χ2v) is 4.15. The van der Waals surface area contributed by atoms with E-state index in [0.29, 0.717) is 0 Å². The van der Waals surface area contributed by atoms with Crippen molar-refractivity contribution in [3.05, 3.63) is 0 Å². The van der Waals surface area contributed by atoms with Crippen LogP contribution in [0.3, 0.4) is 0 Å². The van der Waals surface area contributed by atoms with Gasteiger partial charge in [0, 0.05) is 0 Å². The number of rotatable bonds is 4. The highest BCUT2D eigenvalue weighted by Crippen LogP contribution is 2.20. The lowest BCUT2D eigenvalue weighted by molar-refractivity contribution is 0.776. The van der Waals surface area contributed by atoms with Gasteiger partial charge in [-0.2, -0.15) is 0 Å². The number of hydrogen-bond acceptors (Lipinski definition) is 1. The van der Waals surface area contributed by atoms with Gasteiger partial charge in [-0.3, -0.25) is 0 Å². The minimum absolute atomic E-state index is 0.112. The molecule has 0 bridgehead atoms. The lowest BCUT2D eigenvalue weighted by atomic mass is 10.3. The van der Waals surface area contributed by atoms with Crippen molar-refractivity contribution in [3.63, 3.8) is 0 Å². The van der Waals surface area contributed by atoms with E-state index in [0.717, 1.165) is 0 Å². The molecule has 0 aromatic rings. The largest absolute Gasteiger partial charge is 0.310 e. The Labute approximate surface area is 53.5 Å². The van der Waals surface area contributed by atoms with Crippen LogP contribution in [0.5, 0.6) is 0 Å². The highest BCUT2D eigenvalue weighted by molar-refractivity contribution is 7.54. The summed E-state index contributed by atoms with van der Waals surface area (Å²) in [6, 6.07) is 0. The molecular weight excluding hydrogens is 117 g/mol. The Bertz CT molecular complexity index is 45.8. The highest BCUT2D eigenvalue weighted by Gasteiger charge is 1.90. The van der Waals surface area contributed by atoms with Crippen molar-refractivity contribution in [2.75, 3.05) is 12.8 Å². The van der Waals surface area contributed by atoms with Crippen LogP contribution in [0.15, 0.2) is 0 Å². The predicted octanol–water partition coefficient (Wildman–Crippen LogP) is 2.16. The van der Waals surface area contributed by atoms with E-state index in [4.69, 9.17) is 5.50 Å². The zero-order valence-electron chi connectivity index (χ0n) is 5.85. The number of unbranched alkanes of at least 4 members (excludes halogenated alkanes) is 2. The smallest absolute Gasteiger partial charge is 0.0199 e. The van der Waals surface area contributed by atoms with Gasteiger partial charge >= 0.3 is 0 Å². The third-order valence-electron chi connectivity index (χ3n) is 1.11. The topological polar surface area (TPSA) is 26.0 Å². The van der Waals surface area contributed by atoms with Gasteiger partial charge in [0.2, 0.25) is 0 Å². The van der Waals surface area contributed by atoms with Crippen LogP contribution < -0.4 is 5.50 Å². The van der Waals surface area contributed by atoms with Crippen LogP contribution in [0, 0.1) is 0 Å². The van der Waals surface area contributed by atoms with E-state index < -0.39 is 0 Å². The first-order valence-corrected chi connectivity index (χ1v) is 5.27. The Hall–Kier alpha value is 0.390. The monoisotopic (exact) mass is 133 g/mol. The summed E-state index contributed by atoms with van der Waals surface area (Å²) in [4.78, 5) is 0. The van der Waals surface area contributed by atoms with E-state index in [1.807, 2.05) is 0 Å². The van der Waals surface area contributed by atoms with Crippen molar-refractivity contribution in [1.29, 1.82) is 0 Å². The van der Waals surface area contributed by atoms with Gasteiger partial charge in [0.25, 0.3) is 0 Å². The molecule has 1 nitrogen and oxygen atoms in total. The molecule has 0 aromatic heterocycles. The van der Waals surface area contributed by atoms with E-state index >= 15 is 0 Å². The molecule has 0 heterocycles. The minimum Gasteiger partial charge on any atom is -0.310 e. The van der Waals surface area contributed by atoms with Gasteiger partial charge in [-0.15, -0.1) is 0 Å². The maximum atomic E-state index is 5.60. The molecule has 50 valence electrons. The van der Waals surface area contributed by atoms with Gasteiger partial charge in [-0.25, -0.2) is 0 Å². The van der Waals surface area contributed by atoms with Gasteiger partial charge in [0.1, 0.15) is 0 Å². The second kappa shape index (κ2) is 5.53. The van der Waals surface area contributed by atoms with Gasteiger partial charge in [-0.05, 0) is 27.3 Å². The number of hydrogen-bond donors (Lipinski definition) is 1. The van der Waals surface area contributed by atoms with Crippen molar-refractivity contribution in [1.82, 2.24) is 0 Å². The zero-order chi connectivity index (χ0) is 6.41. The first-order chi connectivity index (χ1) is 3.77. The average Bonchev–Trinajstić information content (AvgIpc) is 1.66. The Morgan fingerprint density at radius 3 is 2.38 bits per heavy atom. The summed E-state index contributed by atoms with van der Waals surface area (Å²) in [7, 11) is -0.112. The van der Waals surface area contributed by atoms with Gasteiger partial charge in [-0.1, -0.05) is 19.8 Å². The lowest BCUT2D eigenvalue weighted by Crippen LogP contribution is -1.90. The van der Waals surface area contributed by atoms with Crippen LogP contribution in [0.1, 0.15) is 26.2 Å². The minimum atomic E-state index is -0.112. The molecule has 0 fully saturated rings. The molecule has 0 aliphatic heterocycles. The zero-order valence-corrected chi connectivity index (χ0v) is 6.75. The molecule has 0 rings (SSSR count). The maximum Gasteiger partial charge on any atom is -0.0199 e. The van der Waals surface area contributed by atoms with E-state index in [2.05, 4.69) is 13.6 Å². The molecule has 0 aliphatic carbocycles. The molecular formula is C6H16NP. The Balaban J connectivity index is 2.72. The van der Waals surface area contributed by atoms with Crippen molar-refractivity contribution < 1.29 is 0 Å². The molecule has 1 unspecified atom stereocenters. The van der Waals surface area contributed by atoms with Crippen molar-refractivity contribution in [2.45, 2.75) is 26.2 Å². The van der Waals surface area contributed by atoms with Crippen LogP contribution in [-0.4, -0.2) is 12.8 Å². The normalized spacial score (nSPS) is 13.9. The molecule has 0 spiro atoms. The number of nitrogens with two attached hydrogens (primary N) is 1. The summed E-state index contributed by atoms with van der Waals surface area (Å²) in [6.07, 6.45) is 5.24. The summed E-state index contributed by atoms with van der Waals surface area (Å²) < 4.78 is 0. The third-order valence-corrected chi connectivity index (χ3v) is 2.14. The Kier molecular flexibility index (Phi) is 5.79. The molecule has 2 N–H and O–H groups in total. The summed E-state index contributed by atoms with van der Waals surface area (Å²) >= 11 is 0. The van der Waals surface area contributed by atoms with Crippen LogP contribution in [-0.2, 0) is 0 Å². The lowest BCUT2D eigenvalue weighted by Gasteiger charge is -2.01. The van der Waals surface area contributed by atoms with Crippen LogP contribution in [0.2, 0.25) is 0 Å². The predicted molar refractivity (Wildman–Crippen MR) is 41.4 cm³/mol. The van der Waals surface area contributed by atoms with Gasteiger partial charge in [0.15, 0.2) is 0 Å². The molecule has 0 saturated heterocycles. The molecule has 0 radical (unpaired) electrons. The van der Waals surface area contributed by atoms with Crippen molar-refractivity contribution in [3.8, 4) is 0 Å². The maximum absolute atomic E-state index is 5.60. The van der Waals surface area contributed by atoms with Gasteiger partial charge < -0.3 is 5.50 Å². The first-order valence-electron chi connectivity index (χ1n) is 3.23. The fourth-order valence-electron chi connectivity index (χ4n) is 0.611. The fourth-order valence-corrected chi connectivity index (χ4v) is 1.33. The molecule has 0 saturated carbocycles. The van der Waals surface area contributed by atoms with Crippen molar-refractivity contribution >= 4 is 8.07 Å². The molecule has 0 aromatic carbocycles. The van der Waals surface area contributed by atoms with E-state index in [-0.39, 0.29) is 8.07 Å². The third kappa shape index (κ3) is 6.39. The molecule has 0 aliphatic rings. The summed E-state index contributed by atoms with van der Waals surface area (Å²) in [5, 5.41) is 0. The van der Waals surface area contributed by atoms with Crippen LogP contribution >= 0.6 is 8.07 Å². The Morgan fingerprint density at radius 2 is 2.00 bits per heavy atom. The van der Waals surface area contributed by atoms with Crippen LogP contribution in [0.4, 0.5) is 0 Å². The molecule has 0 amide bonds. The first kappa shape index (κ1) is 8.39. The summed E-state index contributed by atoms with van der Waals surface area (Å²) in [5.74, 6) is 0. The highest BCUT2D eigenvalue weighted by atomic mass is 31.1. The van der Waals surface area contributed by atoms with E-state index in [1.165, 1.54) is 25.4 Å². The molecule has 1 atom stereocenters. The van der Waals surface area contributed by atoms with Crippen LogP contribution in [0.25, 0.3) is 0 Å². The standard InChI is InChI=1S/C6H16NP/c1-3-4-5-6-8(2)7/h3-7H2,1-2H3. The summed E-state index contributed by atoms with van der Waals surface area (Å²) in [5.41, 5.74) is 5.60. The van der Waals surface area contributed by atoms with E-state index in [1.54, 1.807) is 0 Å². The quantitative estimate of drug-likeness (QED) is 0.461. The molecule has 2 heteroatoms. The summed E-state index contributed by atoms with van der Waals surface area (Å²) in [6.45, 7) is 4.35. The Morgan fingerprint density at radius 1 is 1.38 bits per heavy atom.